The molecule has 1 fully saturated rings. The SMILES string of the molecule is CCCNC(=O)N1[C@@H](CO)[C@@H](c2ccc(-c3ccccc3)cc2)[C@@H]1CNC(C)=O. The van der Waals surface area contributed by atoms with Crippen LogP contribution < -0.4 is 10.6 Å². The van der Waals surface area contributed by atoms with E-state index in [2.05, 4.69) is 47.0 Å². The molecule has 29 heavy (non-hydrogen) atoms. The molecule has 6 heteroatoms. The molecular weight excluding hydrogens is 366 g/mol. The lowest BCUT2D eigenvalue weighted by Gasteiger charge is -2.54. The van der Waals surface area contributed by atoms with Crippen LogP contribution in [0.2, 0.25) is 0 Å². The summed E-state index contributed by atoms with van der Waals surface area (Å²) in [5, 5.41) is 15.7. The third kappa shape index (κ3) is 4.59. The molecule has 1 aliphatic rings. The summed E-state index contributed by atoms with van der Waals surface area (Å²) in [4.78, 5) is 25.7. The van der Waals surface area contributed by atoms with Crippen molar-refractivity contribution in [3.8, 4) is 11.1 Å². The summed E-state index contributed by atoms with van der Waals surface area (Å²) in [5.74, 6) is -0.173. The number of hydrogen-bond acceptors (Lipinski definition) is 3. The molecule has 1 aliphatic heterocycles. The molecule has 0 aliphatic carbocycles. The van der Waals surface area contributed by atoms with Crippen LogP contribution in [-0.4, -0.2) is 53.7 Å². The maximum Gasteiger partial charge on any atom is 0.318 e. The number of benzene rings is 2. The van der Waals surface area contributed by atoms with Crippen LogP contribution in [0.15, 0.2) is 54.6 Å². The van der Waals surface area contributed by atoms with E-state index in [4.69, 9.17) is 0 Å². The van der Waals surface area contributed by atoms with Crippen molar-refractivity contribution in [2.24, 2.45) is 0 Å². The van der Waals surface area contributed by atoms with Gasteiger partial charge in [0.2, 0.25) is 5.91 Å². The lowest BCUT2D eigenvalue weighted by molar-refractivity contribution is -0.119. The summed E-state index contributed by atoms with van der Waals surface area (Å²) >= 11 is 0. The van der Waals surface area contributed by atoms with Gasteiger partial charge in [-0.1, -0.05) is 61.5 Å². The molecule has 0 spiro atoms. The number of aliphatic hydroxyl groups excluding tert-OH is 1. The third-order valence-electron chi connectivity index (χ3n) is 5.45. The maximum absolute atomic E-state index is 12.6. The van der Waals surface area contributed by atoms with E-state index in [1.807, 2.05) is 25.1 Å². The van der Waals surface area contributed by atoms with E-state index in [-0.39, 0.29) is 36.5 Å². The number of urea groups is 1. The lowest BCUT2D eigenvalue weighted by atomic mass is 9.75. The van der Waals surface area contributed by atoms with E-state index in [9.17, 15) is 14.7 Å². The lowest BCUT2D eigenvalue weighted by Crippen LogP contribution is -2.70. The largest absolute Gasteiger partial charge is 0.394 e. The molecule has 0 radical (unpaired) electrons. The zero-order chi connectivity index (χ0) is 20.8. The molecule has 3 rings (SSSR count). The Labute approximate surface area is 171 Å². The molecule has 0 unspecified atom stereocenters. The van der Waals surface area contributed by atoms with Crippen molar-refractivity contribution in [2.75, 3.05) is 19.7 Å². The molecule has 3 atom stereocenters. The number of carbonyl (C=O) groups excluding carboxylic acids is 2. The van der Waals surface area contributed by atoms with Gasteiger partial charge < -0.3 is 20.6 Å². The Balaban J connectivity index is 1.82. The van der Waals surface area contributed by atoms with Crippen LogP contribution >= 0.6 is 0 Å². The number of nitrogens with zero attached hydrogens (tertiary/aromatic N) is 1. The summed E-state index contributed by atoms with van der Waals surface area (Å²) in [6, 6.07) is 17.7. The highest BCUT2D eigenvalue weighted by Crippen LogP contribution is 2.41. The molecule has 154 valence electrons. The summed E-state index contributed by atoms with van der Waals surface area (Å²) in [7, 11) is 0. The topological polar surface area (TPSA) is 81.7 Å². The summed E-state index contributed by atoms with van der Waals surface area (Å²) in [6.07, 6.45) is 0.837. The van der Waals surface area contributed by atoms with Gasteiger partial charge in [-0.3, -0.25) is 4.79 Å². The second-order valence-corrected chi connectivity index (χ2v) is 7.41. The van der Waals surface area contributed by atoms with Crippen molar-refractivity contribution in [3.05, 3.63) is 60.2 Å². The summed E-state index contributed by atoms with van der Waals surface area (Å²) in [6.45, 7) is 4.27. The van der Waals surface area contributed by atoms with Gasteiger partial charge in [0.1, 0.15) is 0 Å². The second kappa shape index (κ2) is 9.56. The molecule has 2 aromatic rings. The highest BCUT2D eigenvalue weighted by molar-refractivity contribution is 5.77. The van der Waals surface area contributed by atoms with Crippen molar-refractivity contribution in [2.45, 2.75) is 38.3 Å². The first-order valence-electron chi connectivity index (χ1n) is 10.1. The normalized spacial score (nSPS) is 20.7. The van der Waals surface area contributed by atoms with Crippen molar-refractivity contribution < 1.29 is 14.7 Å². The van der Waals surface area contributed by atoms with Gasteiger partial charge in [-0.25, -0.2) is 4.79 Å². The van der Waals surface area contributed by atoms with Crippen molar-refractivity contribution in [1.29, 1.82) is 0 Å². The quantitative estimate of drug-likeness (QED) is 0.674. The molecular formula is C23H29N3O3. The van der Waals surface area contributed by atoms with E-state index < -0.39 is 0 Å². The van der Waals surface area contributed by atoms with E-state index >= 15 is 0 Å². The zero-order valence-electron chi connectivity index (χ0n) is 17.0. The van der Waals surface area contributed by atoms with E-state index in [1.54, 1.807) is 4.90 Å². The Morgan fingerprint density at radius 2 is 1.62 bits per heavy atom. The minimum absolute atomic E-state index is 0.0379. The van der Waals surface area contributed by atoms with Crippen LogP contribution in [0, 0.1) is 0 Å². The number of nitrogens with one attached hydrogen (secondary N) is 2. The second-order valence-electron chi connectivity index (χ2n) is 7.41. The fourth-order valence-electron chi connectivity index (χ4n) is 4.02. The van der Waals surface area contributed by atoms with Crippen LogP contribution in [0.5, 0.6) is 0 Å². The Morgan fingerprint density at radius 1 is 0.966 bits per heavy atom. The summed E-state index contributed by atoms with van der Waals surface area (Å²) in [5.41, 5.74) is 3.31. The van der Waals surface area contributed by atoms with Gasteiger partial charge in [0, 0.05) is 25.9 Å². The van der Waals surface area contributed by atoms with Crippen LogP contribution in [0.25, 0.3) is 11.1 Å². The Bertz CT molecular complexity index is 823. The Hall–Kier alpha value is -2.86. The number of amides is 3. The predicted octanol–water partition coefficient (Wildman–Crippen LogP) is 2.74. The number of hydrogen-bond donors (Lipinski definition) is 3. The van der Waals surface area contributed by atoms with Gasteiger partial charge >= 0.3 is 6.03 Å². The highest BCUT2D eigenvalue weighted by atomic mass is 16.3. The first-order valence-corrected chi connectivity index (χ1v) is 10.1. The van der Waals surface area contributed by atoms with Crippen molar-refractivity contribution in [1.82, 2.24) is 15.5 Å². The first-order chi connectivity index (χ1) is 14.1. The van der Waals surface area contributed by atoms with Gasteiger partial charge in [0.25, 0.3) is 0 Å². The van der Waals surface area contributed by atoms with Gasteiger partial charge in [-0.2, -0.15) is 0 Å². The highest BCUT2D eigenvalue weighted by Gasteiger charge is 2.51. The van der Waals surface area contributed by atoms with E-state index in [0.29, 0.717) is 13.1 Å². The van der Waals surface area contributed by atoms with Gasteiger partial charge in [-0.15, -0.1) is 0 Å². The minimum Gasteiger partial charge on any atom is -0.394 e. The van der Waals surface area contributed by atoms with Gasteiger partial charge in [0.05, 0.1) is 18.7 Å². The molecule has 6 nitrogen and oxygen atoms in total. The molecule has 0 saturated carbocycles. The molecule has 1 saturated heterocycles. The van der Waals surface area contributed by atoms with Crippen LogP contribution in [0.1, 0.15) is 31.7 Å². The number of carbonyl (C=O) groups is 2. The standard InChI is InChI=1S/C23H29N3O3/c1-3-13-24-23(29)26-20(14-25-16(2)28)22(21(26)15-27)19-11-9-18(10-12-19)17-7-5-4-6-8-17/h4-12,20-22,27H,3,13-15H2,1-2H3,(H,24,29)(H,25,28)/t20-,21-,22-/m0/s1. The average molecular weight is 396 g/mol. The molecule has 0 aromatic heterocycles. The smallest absolute Gasteiger partial charge is 0.318 e. The average Bonchev–Trinajstić information content (AvgIpc) is 2.72. The van der Waals surface area contributed by atoms with Crippen molar-refractivity contribution >= 4 is 11.9 Å². The third-order valence-corrected chi connectivity index (χ3v) is 5.45. The Morgan fingerprint density at radius 3 is 2.21 bits per heavy atom. The molecule has 0 bridgehead atoms. The summed E-state index contributed by atoms with van der Waals surface area (Å²) < 4.78 is 0. The molecule has 2 aromatic carbocycles. The van der Waals surface area contributed by atoms with Crippen LogP contribution in [0.3, 0.4) is 0 Å². The number of rotatable bonds is 7. The molecule has 1 heterocycles. The van der Waals surface area contributed by atoms with Gasteiger partial charge in [-0.05, 0) is 23.1 Å². The van der Waals surface area contributed by atoms with Gasteiger partial charge in [0.15, 0.2) is 0 Å². The first kappa shape index (κ1) is 20.9. The monoisotopic (exact) mass is 395 g/mol. The number of likely N-dealkylation sites (tertiary alicyclic amines) is 1. The molecule has 3 N–H and O–H groups in total. The van der Waals surface area contributed by atoms with Crippen molar-refractivity contribution in [3.63, 3.8) is 0 Å². The van der Waals surface area contributed by atoms with E-state index in [0.717, 1.165) is 23.1 Å². The molecule has 3 amide bonds. The number of aliphatic hydroxyl groups is 1. The predicted molar refractivity (Wildman–Crippen MR) is 113 cm³/mol. The Kier molecular flexibility index (Phi) is 6.88. The van der Waals surface area contributed by atoms with Crippen LogP contribution in [0.4, 0.5) is 4.79 Å². The fourth-order valence-corrected chi connectivity index (χ4v) is 4.02. The fraction of sp³-hybridized carbons (Fsp3) is 0.391. The van der Waals surface area contributed by atoms with E-state index in [1.165, 1.54) is 6.92 Å². The zero-order valence-corrected chi connectivity index (χ0v) is 17.0. The van der Waals surface area contributed by atoms with Crippen LogP contribution in [-0.2, 0) is 4.79 Å². The minimum atomic E-state index is -0.312. The maximum atomic E-state index is 12.6.